The number of likely N-dealkylation sites (tertiary alicyclic amines) is 1. The molecule has 0 spiro atoms. The highest BCUT2D eigenvalue weighted by Gasteiger charge is 2.16. The van der Waals surface area contributed by atoms with Crippen molar-refractivity contribution in [3.8, 4) is 0 Å². The topological polar surface area (TPSA) is 69.6 Å². The first-order chi connectivity index (χ1) is 10.8. The average molecular weight is 431 g/mol. The van der Waals surface area contributed by atoms with E-state index in [2.05, 4.69) is 20.6 Å². The Hall–Kier alpha value is -1.38. The third-order valence-electron chi connectivity index (χ3n) is 3.59. The minimum absolute atomic E-state index is 0. The quantitative estimate of drug-likeness (QED) is 0.424. The maximum atomic E-state index is 12.1. The molecule has 1 aromatic rings. The van der Waals surface area contributed by atoms with Gasteiger partial charge in [0.2, 0.25) is 5.91 Å². The second kappa shape index (κ2) is 11.2. The van der Waals surface area contributed by atoms with E-state index in [0.29, 0.717) is 12.5 Å². The molecule has 2 N–H and O–H groups in total. The molecular formula is C16H26IN5O. The number of piperidine rings is 1. The molecule has 1 aliphatic rings. The zero-order valence-electron chi connectivity index (χ0n) is 13.6. The van der Waals surface area contributed by atoms with Crippen molar-refractivity contribution in [2.75, 3.05) is 26.2 Å². The van der Waals surface area contributed by atoms with Crippen molar-refractivity contribution in [2.45, 2.75) is 32.7 Å². The maximum absolute atomic E-state index is 12.1. The molecule has 0 radical (unpaired) electrons. The summed E-state index contributed by atoms with van der Waals surface area (Å²) in [4.78, 5) is 22.8. The van der Waals surface area contributed by atoms with Gasteiger partial charge in [0.05, 0.1) is 18.8 Å². The number of rotatable bonds is 5. The van der Waals surface area contributed by atoms with E-state index in [1.807, 2.05) is 30.0 Å². The molecule has 23 heavy (non-hydrogen) atoms. The lowest BCUT2D eigenvalue weighted by Gasteiger charge is -2.27. The van der Waals surface area contributed by atoms with Gasteiger partial charge < -0.3 is 15.5 Å². The number of nitrogens with one attached hydrogen (secondary N) is 2. The van der Waals surface area contributed by atoms with E-state index in [1.165, 1.54) is 6.42 Å². The molecule has 1 amide bonds. The predicted molar refractivity (Wildman–Crippen MR) is 103 cm³/mol. The fourth-order valence-electron chi connectivity index (χ4n) is 2.41. The molecule has 1 aliphatic heterocycles. The Morgan fingerprint density at radius 3 is 2.70 bits per heavy atom. The van der Waals surface area contributed by atoms with Crippen LogP contribution in [-0.4, -0.2) is 47.9 Å². The molecule has 7 heteroatoms. The summed E-state index contributed by atoms with van der Waals surface area (Å²) in [6.45, 7) is 5.29. The zero-order chi connectivity index (χ0) is 15.6. The second-order valence-corrected chi connectivity index (χ2v) is 5.31. The van der Waals surface area contributed by atoms with E-state index >= 15 is 0 Å². The largest absolute Gasteiger partial charge is 0.357 e. The molecule has 1 saturated heterocycles. The highest BCUT2D eigenvalue weighted by molar-refractivity contribution is 14.0. The fourth-order valence-corrected chi connectivity index (χ4v) is 2.41. The summed E-state index contributed by atoms with van der Waals surface area (Å²) in [5, 5.41) is 6.26. The summed E-state index contributed by atoms with van der Waals surface area (Å²) in [6, 6.07) is 5.76. The van der Waals surface area contributed by atoms with E-state index in [9.17, 15) is 4.79 Å². The molecule has 0 aromatic carbocycles. The van der Waals surface area contributed by atoms with Crippen LogP contribution in [0, 0.1) is 0 Å². The summed E-state index contributed by atoms with van der Waals surface area (Å²) in [5.74, 6) is 0.793. The number of halogens is 1. The molecule has 128 valence electrons. The summed E-state index contributed by atoms with van der Waals surface area (Å²) in [5.41, 5.74) is 0.905. The first-order valence-electron chi connectivity index (χ1n) is 7.99. The van der Waals surface area contributed by atoms with E-state index < -0.39 is 0 Å². The molecule has 0 atom stereocenters. The van der Waals surface area contributed by atoms with Crippen LogP contribution in [0.3, 0.4) is 0 Å². The number of aliphatic imine (C=N–C) groups is 1. The number of carbonyl (C=O) groups is 1. The molecular weight excluding hydrogens is 405 g/mol. The number of pyridine rings is 1. The fraction of sp³-hybridized carbons (Fsp3) is 0.562. The van der Waals surface area contributed by atoms with Crippen LogP contribution in [0.15, 0.2) is 29.4 Å². The number of aromatic nitrogens is 1. The van der Waals surface area contributed by atoms with E-state index in [0.717, 1.165) is 38.2 Å². The Labute approximate surface area is 155 Å². The van der Waals surface area contributed by atoms with Gasteiger partial charge in [-0.15, -0.1) is 24.0 Å². The normalized spacial score (nSPS) is 14.8. The average Bonchev–Trinajstić information content (AvgIpc) is 2.59. The van der Waals surface area contributed by atoms with E-state index in [4.69, 9.17) is 0 Å². The summed E-state index contributed by atoms with van der Waals surface area (Å²) >= 11 is 0. The van der Waals surface area contributed by atoms with E-state index in [1.54, 1.807) is 6.20 Å². The van der Waals surface area contributed by atoms with Gasteiger partial charge >= 0.3 is 0 Å². The molecule has 0 saturated carbocycles. The van der Waals surface area contributed by atoms with E-state index in [-0.39, 0.29) is 36.4 Å². The Morgan fingerprint density at radius 1 is 1.26 bits per heavy atom. The second-order valence-electron chi connectivity index (χ2n) is 5.31. The van der Waals surface area contributed by atoms with Crippen molar-refractivity contribution in [3.63, 3.8) is 0 Å². The van der Waals surface area contributed by atoms with Gasteiger partial charge in [-0.1, -0.05) is 6.07 Å². The summed E-state index contributed by atoms with van der Waals surface area (Å²) in [6.07, 6.45) is 5.20. The van der Waals surface area contributed by atoms with Crippen LogP contribution in [0.25, 0.3) is 0 Å². The number of hydrogen-bond acceptors (Lipinski definition) is 3. The minimum Gasteiger partial charge on any atom is -0.357 e. The van der Waals surface area contributed by atoms with Crippen LogP contribution in [0.4, 0.5) is 0 Å². The van der Waals surface area contributed by atoms with Crippen molar-refractivity contribution < 1.29 is 4.79 Å². The van der Waals surface area contributed by atoms with Crippen molar-refractivity contribution in [2.24, 2.45) is 4.99 Å². The number of hydrogen-bond donors (Lipinski definition) is 2. The van der Waals surface area contributed by atoms with Crippen LogP contribution in [-0.2, 0) is 11.3 Å². The van der Waals surface area contributed by atoms with Gasteiger partial charge in [-0.05, 0) is 38.3 Å². The Kier molecular flexibility index (Phi) is 9.58. The molecule has 0 bridgehead atoms. The van der Waals surface area contributed by atoms with Crippen LogP contribution in [0.2, 0.25) is 0 Å². The van der Waals surface area contributed by atoms with Gasteiger partial charge in [-0.3, -0.25) is 9.78 Å². The lowest BCUT2D eigenvalue weighted by molar-refractivity contribution is -0.130. The van der Waals surface area contributed by atoms with Gasteiger partial charge in [0.25, 0.3) is 0 Å². The number of carbonyl (C=O) groups excluding carboxylic acids is 1. The van der Waals surface area contributed by atoms with Crippen LogP contribution in [0.5, 0.6) is 0 Å². The highest BCUT2D eigenvalue weighted by Crippen LogP contribution is 2.08. The lowest BCUT2D eigenvalue weighted by Crippen LogP contribution is -2.46. The van der Waals surface area contributed by atoms with Crippen molar-refractivity contribution in [1.29, 1.82) is 0 Å². The van der Waals surface area contributed by atoms with Gasteiger partial charge in [0.15, 0.2) is 5.96 Å². The molecule has 2 rings (SSSR count). The highest BCUT2D eigenvalue weighted by atomic mass is 127. The SMILES string of the molecule is CCNC(=NCc1ccccn1)NCC(=O)N1CCCCC1.I. The number of amides is 1. The Bertz CT molecular complexity index is 489. The summed E-state index contributed by atoms with van der Waals surface area (Å²) in [7, 11) is 0. The molecule has 0 unspecified atom stereocenters. The van der Waals surface area contributed by atoms with Crippen LogP contribution in [0.1, 0.15) is 31.9 Å². The van der Waals surface area contributed by atoms with Crippen LogP contribution >= 0.6 is 24.0 Å². The minimum atomic E-state index is 0. The third kappa shape index (κ3) is 7.15. The molecule has 6 nitrogen and oxygen atoms in total. The van der Waals surface area contributed by atoms with Crippen molar-refractivity contribution in [1.82, 2.24) is 20.5 Å². The lowest BCUT2D eigenvalue weighted by atomic mass is 10.1. The molecule has 1 fully saturated rings. The number of guanidine groups is 1. The molecule has 2 heterocycles. The summed E-state index contributed by atoms with van der Waals surface area (Å²) < 4.78 is 0. The molecule has 1 aromatic heterocycles. The van der Waals surface area contributed by atoms with Gasteiger partial charge in [0.1, 0.15) is 0 Å². The smallest absolute Gasteiger partial charge is 0.241 e. The molecule has 0 aliphatic carbocycles. The van der Waals surface area contributed by atoms with Gasteiger partial charge in [0, 0.05) is 25.8 Å². The van der Waals surface area contributed by atoms with Crippen molar-refractivity contribution in [3.05, 3.63) is 30.1 Å². The Balaban J connectivity index is 0.00000264. The van der Waals surface area contributed by atoms with Gasteiger partial charge in [-0.25, -0.2) is 4.99 Å². The first kappa shape index (κ1) is 19.7. The predicted octanol–water partition coefficient (Wildman–Crippen LogP) is 1.77. The maximum Gasteiger partial charge on any atom is 0.241 e. The monoisotopic (exact) mass is 431 g/mol. The first-order valence-corrected chi connectivity index (χ1v) is 7.99. The Morgan fingerprint density at radius 2 is 2.04 bits per heavy atom. The number of nitrogens with zero attached hydrogens (tertiary/aromatic N) is 3. The van der Waals surface area contributed by atoms with Crippen molar-refractivity contribution >= 4 is 35.8 Å². The zero-order valence-corrected chi connectivity index (χ0v) is 16.0. The third-order valence-corrected chi connectivity index (χ3v) is 3.59. The van der Waals surface area contributed by atoms with Gasteiger partial charge in [-0.2, -0.15) is 0 Å². The standard InChI is InChI=1S/C16H25N5O.HI/c1-2-17-16(19-12-14-8-4-5-9-18-14)20-13-15(22)21-10-6-3-7-11-21;/h4-5,8-9H,2-3,6-7,10-13H2,1H3,(H2,17,19,20);1H. The van der Waals surface area contributed by atoms with Crippen LogP contribution < -0.4 is 10.6 Å².